The molecule has 0 saturated carbocycles. The Bertz CT molecular complexity index is 523. The summed E-state index contributed by atoms with van der Waals surface area (Å²) >= 11 is 11.5. The smallest absolute Gasteiger partial charge is 0.0868 e. The Labute approximate surface area is 124 Å². The molecule has 2 aromatic heterocycles. The molecule has 0 aliphatic heterocycles. The van der Waals surface area contributed by atoms with Gasteiger partial charge in [-0.05, 0) is 40.8 Å². The van der Waals surface area contributed by atoms with E-state index in [0.29, 0.717) is 0 Å². The Balaban J connectivity index is 2.47. The molecule has 1 N–H and O–H groups in total. The second-order valence-electron chi connectivity index (χ2n) is 3.82. The zero-order valence-electron chi connectivity index (χ0n) is 10.3. The quantitative estimate of drug-likeness (QED) is 0.882. The van der Waals surface area contributed by atoms with Crippen LogP contribution in [0.5, 0.6) is 0 Å². The van der Waals surface area contributed by atoms with Gasteiger partial charge in [0, 0.05) is 11.4 Å². The summed E-state index contributed by atoms with van der Waals surface area (Å²) in [4.78, 5) is 1.13. The van der Waals surface area contributed by atoms with Gasteiger partial charge in [0.1, 0.15) is 0 Å². The molecule has 3 nitrogen and oxygen atoms in total. The van der Waals surface area contributed by atoms with E-state index >= 15 is 0 Å². The Kier molecular flexibility index (Phi) is 4.84. The van der Waals surface area contributed by atoms with Gasteiger partial charge in [0.25, 0.3) is 0 Å². The second kappa shape index (κ2) is 6.19. The van der Waals surface area contributed by atoms with Crippen LogP contribution in [0.2, 0.25) is 5.02 Å². The molecule has 2 heterocycles. The van der Waals surface area contributed by atoms with E-state index in [1.54, 1.807) is 11.3 Å². The van der Waals surface area contributed by atoms with Crippen LogP contribution in [-0.4, -0.2) is 16.3 Å². The van der Waals surface area contributed by atoms with Crippen LogP contribution in [0.15, 0.2) is 22.1 Å². The maximum absolute atomic E-state index is 6.26. The topological polar surface area (TPSA) is 29.9 Å². The van der Waals surface area contributed by atoms with Crippen LogP contribution in [0.1, 0.15) is 30.5 Å². The Morgan fingerprint density at radius 1 is 1.56 bits per heavy atom. The third kappa shape index (κ3) is 2.64. The van der Waals surface area contributed by atoms with E-state index in [4.69, 9.17) is 11.6 Å². The molecule has 1 atom stereocenters. The fourth-order valence-electron chi connectivity index (χ4n) is 1.94. The van der Waals surface area contributed by atoms with Crippen LogP contribution < -0.4 is 5.32 Å². The van der Waals surface area contributed by atoms with Crippen LogP contribution >= 0.6 is 38.9 Å². The molecule has 2 aromatic rings. The first kappa shape index (κ1) is 14.1. The second-order valence-corrected chi connectivity index (χ2v) is 6.03. The zero-order chi connectivity index (χ0) is 13.1. The van der Waals surface area contributed by atoms with Crippen molar-refractivity contribution in [3.05, 3.63) is 37.7 Å². The van der Waals surface area contributed by atoms with Crippen molar-refractivity contribution in [1.29, 1.82) is 0 Å². The fraction of sp³-hybridized carbons (Fsp3) is 0.417. The monoisotopic (exact) mass is 347 g/mol. The Morgan fingerprint density at radius 3 is 2.89 bits per heavy atom. The third-order valence-electron chi connectivity index (χ3n) is 2.72. The molecule has 2 rings (SSSR count). The largest absolute Gasteiger partial charge is 0.305 e. The van der Waals surface area contributed by atoms with Gasteiger partial charge in [-0.25, -0.2) is 0 Å². The number of hydrogen-bond acceptors (Lipinski definition) is 3. The highest BCUT2D eigenvalue weighted by Gasteiger charge is 2.23. The maximum atomic E-state index is 6.26. The van der Waals surface area contributed by atoms with Gasteiger partial charge in [-0.2, -0.15) is 5.10 Å². The molecule has 0 fully saturated rings. The van der Waals surface area contributed by atoms with Crippen molar-refractivity contribution in [1.82, 2.24) is 15.1 Å². The number of nitrogens with zero attached hydrogens (tertiary/aromatic N) is 2. The van der Waals surface area contributed by atoms with Gasteiger partial charge in [0.15, 0.2) is 0 Å². The van der Waals surface area contributed by atoms with Crippen molar-refractivity contribution >= 4 is 38.9 Å². The van der Waals surface area contributed by atoms with Gasteiger partial charge < -0.3 is 5.32 Å². The van der Waals surface area contributed by atoms with Gasteiger partial charge in [0.2, 0.25) is 0 Å². The van der Waals surface area contributed by atoms with E-state index in [2.05, 4.69) is 40.2 Å². The number of nitrogens with one attached hydrogen (secondary N) is 1. The average molecular weight is 349 g/mol. The SMILES string of the molecule is CCNC(c1sccc1Cl)c1c(Br)cnn1CC. The third-order valence-corrected chi connectivity index (χ3v) is 4.76. The van der Waals surface area contributed by atoms with E-state index < -0.39 is 0 Å². The number of hydrogen-bond donors (Lipinski definition) is 1. The molecule has 0 saturated heterocycles. The van der Waals surface area contributed by atoms with Crippen molar-refractivity contribution in [2.45, 2.75) is 26.4 Å². The molecule has 6 heteroatoms. The molecule has 0 aromatic carbocycles. The standard InChI is InChI=1S/C12H15BrClN3S/c1-3-15-10(12-9(14)5-6-18-12)11-8(13)7-16-17(11)4-2/h5-7,10,15H,3-4H2,1-2H3. The predicted octanol–water partition coefficient (Wildman–Crippen LogP) is 4.08. The highest BCUT2D eigenvalue weighted by atomic mass is 79.9. The zero-order valence-corrected chi connectivity index (χ0v) is 13.4. The summed E-state index contributed by atoms with van der Waals surface area (Å²) in [5, 5.41) is 10.7. The molecular formula is C12H15BrClN3S. The van der Waals surface area contributed by atoms with E-state index in [1.165, 1.54) is 0 Å². The van der Waals surface area contributed by atoms with Crippen LogP contribution in [0, 0.1) is 0 Å². The molecule has 18 heavy (non-hydrogen) atoms. The molecule has 0 bridgehead atoms. The molecule has 0 aliphatic rings. The van der Waals surface area contributed by atoms with Crippen molar-refractivity contribution in [2.75, 3.05) is 6.54 Å². The van der Waals surface area contributed by atoms with Crippen LogP contribution in [0.3, 0.4) is 0 Å². The normalized spacial score (nSPS) is 12.9. The summed E-state index contributed by atoms with van der Waals surface area (Å²) in [5.74, 6) is 0. The average Bonchev–Trinajstić information content (AvgIpc) is 2.93. The maximum Gasteiger partial charge on any atom is 0.0868 e. The van der Waals surface area contributed by atoms with E-state index in [9.17, 15) is 0 Å². The Morgan fingerprint density at radius 2 is 2.33 bits per heavy atom. The number of rotatable bonds is 5. The minimum Gasteiger partial charge on any atom is -0.305 e. The van der Waals surface area contributed by atoms with Crippen LogP contribution in [-0.2, 0) is 6.54 Å². The van der Waals surface area contributed by atoms with Crippen molar-refractivity contribution in [2.24, 2.45) is 0 Å². The van der Waals surface area contributed by atoms with Gasteiger partial charge >= 0.3 is 0 Å². The lowest BCUT2D eigenvalue weighted by molar-refractivity contribution is 0.545. The molecule has 0 radical (unpaired) electrons. The molecule has 98 valence electrons. The van der Waals surface area contributed by atoms with Crippen LogP contribution in [0.4, 0.5) is 0 Å². The van der Waals surface area contributed by atoms with Crippen LogP contribution in [0.25, 0.3) is 0 Å². The molecule has 1 unspecified atom stereocenters. The molecule has 0 amide bonds. The predicted molar refractivity (Wildman–Crippen MR) is 80.4 cm³/mol. The molecular weight excluding hydrogens is 334 g/mol. The summed E-state index contributed by atoms with van der Waals surface area (Å²) in [6.45, 7) is 5.89. The highest BCUT2D eigenvalue weighted by molar-refractivity contribution is 9.10. The minimum atomic E-state index is 0.0827. The first-order valence-electron chi connectivity index (χ1n) is 5.86. The highest BCUT2D eigenvalue weighted by Crippen LogP contribution is 2.35. The van der Waals surface area contributed by atoms with Crippen molar-refractivity contribution in [3.63, 3.8) is 0 Å². The number of thiophene rings is 1. The van der Waals surface area contributed by atoms with E-state index in [-0.39, 0.29) is 6.04 Å². The van der Waals surface area contributed by atoms with Crippen molar-refractivity contribution < 1.29 is 0 Å². The number of aryl methyl sites for hydroxylation is 1. The van der Waals surface area contributed by atoms with E-state index in [0.717, 1.165) is 33.2 Å². The van der Waals surface area contributed by atoms with Gasteiger partial charge in [-0.3, -0.25) is 4.68 Å². The summed E-state index contributed by atoms with van der Waals surface area (Å²) in [6.07, 6.45) is 1.84. The summed E-state index contributed by atoms with van der Waals surface area (Å²) in [5.41, 5.74) is 1.13. The lowest BCUT2D eigenvalue weighted by atomic mass is 10.1. The lowest BCUT2D eigenvalue weighted by Crippen LogP contribution is -2.24. The fourth-order valence-corrected chi connectivity index (χ4v) is 3.71. The summed E-state index contributed by atoms with van der Waals surface area (Å²) < 4.78 is 3.01. The molecule has 0 aliphatic carbocycles. The first-order chi connectivity index (χ1) is 8.69. The Hall–Kier alpha value is -0.360. The van der Waals surface area contributed by atoms with Gasteiger partial charge in [-0.15, -0.1) is 11.3 Å². The lowest BCUT2D eigenvalue weighted by Gasteiger charge is -2.19. The number of aromatic nitrogens is 2. The first-order valence-corrected chi connectivity index (χ1v) is 7.91. The van der Waals surface area contributed by atoms with Gasteiger partial charge in [-0.1, -0.05) is 18.5 Å². The summed E-state index contributed by atoms with van der Waals surface area (Å²) in [7, 11) is 0. The van der Waals surface area contributed by atoms with E-state index in [1.807, 2.05) is 22.3 Å². The number of halogens is 2. The summed E-state index contributed by atoms with van der Waals surface area (Å²) in [6, 6.07) is 2.02. The molecule has 0 spiro atoms. The minimum absolute atomic E-state index is 0.0827. The van der Waals surface area contributed by atoms with Crippen molar-refractivity contribution in [3.8, 4) is 0 Å². The van der Waals surface area contributed by atoms with Gasteiger partial charge in [0.05, 0.1) is 27.4 Å².